The van der Waals surface area contributed by atoms with Gasteiger partial charge in [0.15, 0.2) is 0 Å². The molecule has 1 aliphatic carbocycles. The summed E-state index contributed by atoms with van der Waals surface area (Å²) in [5.74, 6) is 0. The third kappa shape index (κ3) is 4.06. The maximum Gasteiger partial charge on any atom is 0.0955 e. The van der Waals surface area contributed by atoms with E-state index >= 15 is 0 Å². The summed E-state index contributed by atoms with van der Waals surface area (Å²) in [7, 11) is 0. The minimum atomic E-state index is 0.236. The van der Waals surface area contributed by atoms with Crippen LogP contribution in [0.1, 0.15) is 43.9 Å². The fourth-order valence-corrected chi connectivity index (χ4v) is 3.68. The molecular weight excluding hydrogens is 314 g/mol. The van der Waals surface area contributed by atoms with E-state index in [9.17, 15) is 0 Å². The van der Waals surface area contributed by atoms with Crippen LogP contribution in [0.5, 0.6) is 0 Å². The molecule has 1 aromatic rings. The van der Waals surface area contributed by atoms with Crippen LogP contribution in [0.2, 0.25) is 0 Å². The van der Waals surface area contributed by atoms with Gasteiger partial charge in [-0.1, -0.05) is 54.0 Å². The van der Waals surface area contributed by atoms with Crippen molar-refractivity contribution < 1.29 is 4.74 Å². The van der Waals surface area contributed by atoms with Gasteiger partial charge in [-0.2, -0.15) is 0 Å². The largest absolute Gasteiger partial charge is 0.372 e. The second kappa shape index (κ2) is 8.16. The molecule has 0 heterocycles. The van der Waals surface area contributed by atoms with Crippen molar-refractivity contribution in [3.8, 4) is 0 Å². The minimum absolute atomic E-state index is 0.236. The Morgan fingerprint density at radius 1 is 1.20 bits per heavy atom. The summed E-state index contributed by atoms with van der Waals surface area (Å²) in [5, 5.41) is 0. The lowest BCUT2D eigenvalue weighted by molar-refractivity contribution is 0.0551. The molecule has 1 aliphatic rings. The van der Waals surface area contributed by atoms with Crippen molar-refractivity contribution in [2.75, 3.05) is 26.2 Å². The van der Waals surface area contributed by atoms with Gasteiger partial charge in [-0.05, 0) is 50.0 Å². The molecule has 0 bridgehead atoms. The smallest absolute Gasteiger partial charge is 0.0955 e. The summed E-state index contributed by atoms with van der Waals surface area (Å²) in [4.78, 5) is 2.90. The van der Waals surface area contributed by atoms with Crippen LogP contribution in [-0.2, 0) is 11.2 Å². The number of hydrogen-bond donors (Lipinski definition) is 0. The lowest BCUT2D eigenvalue weighted by Crippen LogP contribution is -2.24. The van der Waals surface area contributed by atoms with Crippen molar-refractivity contribution in [3.63, 3.8) is 0 Å². The molecule has 3 heteroatoms. The van der Waals surface area contributed by atoms with Gasteiger partial charge < -0.3 is 9.64 Å². The van der Waals surface area contributed by atoms with Gasteiger partial charge in [0.05, 0.1) is 6.10 Å². The van der Waals surface area contributed by atoms with Gasteiger partial charge in [0.2, 0.25) is 0 Å². The molecule has 0 N–H and O–H groups in total. The molecule has 0 fully saturated rings. The minimum Gasteiger partial charge on any atom is -0.372 e. The molecule has 112 valence electrons. The highest BCUT2D eigenvalue weighted by atomic mass is 79.9. The van der Waals surface area contributed by atoms with Crippen molar-refractivity contribution in [1.82, 2.24) is 4.90 Å². The second-order valence-corrected chi connectivity index (χ2v) is 6.62. The number of hydrogen-bond acceptors (Lipinski definition) is 2. The summed E-state index contributed by atoms with van der Waals surface area (Å²) in [6.07, 6.45) is 3.69. The van der Waals surface area contributed by atoms with Crippen LogP contribution in [0.25, 0.3) is 0 Å². The fraction of sp³-hybridized carbons (Fsp3) is 0.647. The molecule has 0 saturated carbocycles. The summed E-state index contributed by atoms with van der Waals surface area (Å²) in [5.41, 5.74) is 2.81. The van der Waals surface area contributed by atoms with E-state index in [-0.39, 0.29) is 6.10 Å². The molecule has 2 rings (SSSR count). The number of fused-ring (bicyclic) bond motifs is 1. The zero-order valence-electron chi connectivity index (χ0n) is 12.6. The predicted molar refractivity (Wildman–Crippen MR) is 88.6 cm³/mol. The molecule has 0 aliphatic heterocycles. The molecule has 1 aromatic carbocycles. The molecule has 0 amide bonds. The van der Waals surface area contributed by atoms with Gasteiger partial charge in [0.1, 0.15) is 0 Å². The Bertz CT molecular complexity index is 406. The highest BCUT2D eigenvalue weighted by molar-refractivity contribution is 9.09. The molecular formula is C17H26BrNO. The summed E-state index contributed by atoms with van der Waals surface area (Å²) in [6, 6.07) is 8.65. The van der Waals surface area contributed by atoms with E-state index in [4.69, 9.17) is 4.74 Å². The Hall–Kier alpha value is -0.380. The lowest BCUT2D eigenvalue weighted by Gasteiger charge is -2.19. The molecule has 0 radical (unpaired) electrons. The van der Waals surface area contributed by atoms with Gasteiger partial charge in [0.25, 0.3) is 0 Å². The monoisotopic (exact) mass is 339 g/mol. The van der Waals surface area contributed by atoms with Crippen LogP contribution in [-0.4, -0.2) is 36.0 Å². The van der Waals surface area contributed by atoms with Crippen LogP contribution in [0.3, 0.4) is 0 Å². The van der Waals surface area contributed by atoms with Gasteiger partial charge in [-0.3, -0.25) is 0 Å². The van der Waals surface area contributed by atoms with E-state index in [1.165, 1.54) is 24.1 Å². The molecule has 0 aromatic heterocycles. The maximum absolute atomic E-state index is 6.13. The molecule has 0 saturated heterocycles. The van der Waals surface area contributed by atoms with Gasteiger partial charge in [-0.25, -0.2) is 0 Å². The van der Waals surface area contributed by atoms with E-state index in [1.54, 1.807) is 0 Å². The van der Waals surface area contributed by atoms with E-state index in [1.807, 2.05) is 0 Å². The summed E-state index contributed by atoms with van der Waals surface area (Å²) >= 11 is 3.77. The second-order valence-electron chi connectivity index (χ2n) is 5.44. The Kier molecular flexibility index (Phi) is 6.53. The van der Waals surface area contributed by atoms with E-state index in [0.29, 0.717) is 4.83 Å². The number of unbranched alkanes of at least 4 members (excludes halogenated alkanes) is 1. The fourth-order valence-electron chi connectivity index (χ4n) is 2.89. The quantitative estimate of drug-likeness (QED) is 0.520. The third-order valence-electron chi connectivity index (χ3n) is 4.17. The average molecular weight is 340 g/mol. The maximum atomic E-state index is 6.13. The Morgan fingerprint density at radius 3 is 2.70 bits per heavy atom. The highest BCUT2D eigenvalue weighted by Gasteiger charge is 2.30. The zero-order chi connectivity index (χ0) is 14.4. The highest BCUT2D eigenvalue weighted by Crippen LogP contribution is 2.38. The van der Waals surface area contributed by atoms with Crippen molar-refractivity contribution in [1.29, 1.82) is 0 Å². The molecule has 2 unspecified atom stereocenters. The van der Waals surface area contributed by atoms with Gasteiger partial charge in [-0.15, -0.1) is 0 Å². The summed E-state index contributed by atoms with van der Waals surface area (Å²) < 4.78 is 6.13. The number of nitrogens with zero attached hydrogens (tertiary/aromatic N) is 1. The number of ether oxygens (including phenoxy) is 1. The Balaban J connectivity index is 1.72. The zero-order valence-corrected chi connectivity index (χ0v) is 14.2. The first-order chi connectivity index (χ1) is 9.76. The van der Waals surface area contributed by atoms with Crippen molar-refractivity contribution in [3.05, 3.63) is 35.4 Å². The molecule has 2 nitrogen and oxygen atoms in total. The van der Waals surface area contributed by atoms with Crippen molar-refractivity contribution >= 4 is 15.9 Å². The molecule has 20 heavy (non-hydrogen) atoms. The van der Waals surface area contributed by atoms with Crippen LogP contribution in [0, 0.1) is 0 Å². The van der Waals surface area contributed by atoms with Crippen LogP contribution in [0.15, 0.2) is 24.3 Å². The summed E-state index contributed by atoms with van der Waals surface area (Å²) in [6.45, 7) is 8.81. The first kappa shape index (κ1) is 16.0. The third-order valence-corrected chi connectivity index (χ3v) is 4.97. The van der Waals surface area contributed by atoms with Crippen LogP contribution >= 0.6 is 15.9 Å². The number of halogens is 1. The van der Waals surface area contributed by atoms with E-state index in [2.05, 4.69) is 58.9 Å². The lowest BCUT2D eigenvalue weighted by atomic mass is 10.1. The molecule has 0 spiro atoms. The number of alkyl halides is 1. The molecule has 2 atom stereocenters. The van der Waals surface area contributed by atoms with Gasteiger partial charge in [0, 0.05) is 11.4 Å². The Labute approximate surface area is 131 Å². The SMILES string of the molecule is CCN(CC)CCCCOC1c2ccccc2CC1Br. The van der Waals surface area contributed by atoms with E-state index < -0.39 is 0 Å². The van der Waals surface area contributed by atoms with Crippen molar-refractivity contribution in [2.24, 2.45) is 0 Å². The standard InChI is InChI=1S/C17H26BrNO/c1-3-19(4-2)11-7-8-12-20-17-15-10-6-5-9-14(15)13-16(17)18/h5-6,9-10,16-17H,3-4,7-8,11-13H2,1-2H3. The first-order valence-corrected chi connectivity index (χ1v) is 8.73. The topological polar surface area (TPSA) is 12.5 Å². The predicted octanol–water partition coefficient (Wildman–Crippen LogP) is 4.19. The van der Waals surface area contributed by atoms with Crippen molar-refractivity contribution in [2.45, 2.75) is 44.0 Å². The van der Waals surface area contributed by atoms with Crippen LogP contribution < -0.4 is 0 Å². The normalized spacial score (nSPS) is 21.4. The van der Waals surface area contributed by atoms with E-state index in [0.717, 1.165) is 32.5 Å². The number of benzene rings is 1. The van der Waals surface area contributed by atoms with Crippen LogP contribution in [0.4, 0.5) is 0 Å². The van der Waals surface area contributed by atoms with Gasteiger partial charge >= 0.3 is 0 Å². The Morgan fingerprint density at radius 2 is 1.95 bits per heavy atom. The average Bonchev–Trinajstić information content (AvgIpc) is 2.79. The number of rotatable bonds is 8. The first-order valence-electron chi connectivity index (χ1n) is 7.82.